The standard InChI is InChI=1S/C57H112NO7P/c1-3-5-7-9-11-13-15-17-19-21-23-25-27-28-29-30-32-34-36-38-40-42-44-46-48-50-57(59)65-56(55-64-66(60,61)63-53-51-58)54-62-52-49-47-45-43-41-39-37-35-33-31-26-24-22-20-18-16-14-12-10-8-6-4-2/h15,17,21,23,56H,3-14,16,18-20,22,24-55,58H2,1-2H3,(H,60,61)/b17-15-,23-21-. The molecule has 0 aromatic rings. The first-order chi connectivity index (χ1) is 32.4. The minimum Gasteiger partial charge on any atom is -0.457 e. The Morgan fingerprint density at radius 1 is 0.455 bits per heavy atom. The molecule has 3 N–H and O–H groups in total. The van der Waals surface area contributed by atoms with Crippen molar-refractivity contribution in [3.63, 3.8) is 0 Å². The second-order valence-electron chi connectivity index (χ2n) is 19.5. The van der Waals surface area contributed by atoms with Crippen molar-refractivity contribution in [1.29, 1.82) is 0 Å². The lowest BCUT2D eigenvalue weighted by molar-refractivity contribution is -0.154. The fourth-order valence-corrected chi connectivity index (χ4v) is 9.39. The Kier molecular flexibility index (Phi) is 54.1. The molecule has 0 rings (SSSR count). The summed E-state index contributed by atoms with van der Waals surface area (Å²) >= 11 is 0. The molecule has 0 aromatic heterocycles. The van der Waals surface area contributed by atoms with Crippen molar-refractivity contribution in [2.24, 2.45) is 5.73 Å². The van der Waals surface area contributed by atoms with Crippen LogP contribution in [0.2, 0.25) is 0 Å². The van der Waals surface area contributed by atoms with Crippen LogP contribution in [0.3, 0.4) is 0 Å². The second kappa shape index (κ2) is 54.9. The highest BCUT2D eigenvalue weighted by molar-refractivity contribution is 7.47. The summed E-state index contributed by atoms with van der Waals surface area (Å²) in [6, 6.07) is 0. The monoisotopic (exact) mass is 954 g/mol. The molecule has 0 aromatic carbocycles. The number of hydrogen-bond donors (Lipinski definition) is 2. The third kappa shape index (κ3) is 53.9. The van der Waals surface area contributed by atoms with Crippen LogP contribution < -0.4 is 5.73 Å². The lowest BCUT2D eigenvalue weighted by Crippen LogP contribution is -2.28. The molecule has 0 aliphatic heterocycles. The van der Waals surface area contributed by atoms with Crippen LogP contribution in [0.5, 0.6) is 0 Å². The van der Waals surface area contributed by atoms with Gasteiger partial charge in [-0.15, -0.1) is 0 Å². The summed E-state index contributed by atoms with van der Waals surface area (Å²) < 4.78 is 33.7. The molecule has 0 aliphatic carbocycles. The Bertz CT molecular complexity index is 1070. The van der Waals surface area contributed by atoms with E-state index in [0.717, 1.165) is 38.5 Å². The highest BCUT2D eigenvalue weighted by atomic mass is 31.2. The number of nitrogens with two attached hydrogens (primary N) is 1. The maximum atomic E-state index is 12.7. The number of rotatable bonds is 56. The first-order valence-corrected chi connectivity index (χ1v) is 30.3. The van der Waals surface area contributed by atoms with Gasteiger partial charge in [-0.3, -0.25) is 13.8 Å². The van der Waals surface area contributed by atoms with E-state index in [1.54, 1.807) is 0 Å². The van der Waals surface area contributed by atoms with Gasteiger partial charge in [0.2, 0.25) is 0 Å². The van der Waals surface area contributed by atoms with Gasteiger partial charge in [-0.25, -0.2) is 4.57 Å². The molecule has 0 radical (unpaired) electrons. The topological polar surface area (TPSA) is 117 Å². The Morgan fingerprint density at radius 2 is 0.803 bits per heavy atom. The largest absolute Gasteiger partial charge is 0.472 e. The van der Waals surface area contributed by atoms with Gasteiger partial charge in [-0.2, -0.15) is 0 Å². The van der Waals surface area contributed by atoms with Crippen molar-refractivity contribution in [3.05, 3.63) is 24.3 Å². The number of phosphoric ester groups is 1. The zero-order valence-electron chi connectivity index (χ0n) is 44.0. The van der Waals surface area contributed by atoms with E-state index in [4.69, 9.17) is 24.3 Å². The van der Waals surface area contributed by atoms with Gasteiger partial charge in [-0.05, 0) is 44.9 Å². The van der Waals surface area contributed by atoms with Crippen LogP contribution in [0.15, 0.2) is 24.3 Å². The SMILES string of the molecule is CCCCCCC/C=C\C/C=C\CCCCCCCCCCCCCCCC(=O)OC(COCCCCCCCCCCCCCCCCCCCCCCCC)COP(=O)(O)OCCN. The quantitative estimate of drug-likeness (QED) is 0.0268. The third-order valence-electron chi connectivity index (χ3n) is 12.9. The van der Waals surface area contributed by atoms with Gasteiger partial charge in [0.1, 0.15) is 6.10 Å². The van der Waals surface area contributed by atoms with Crippen LogP contribution in [0.1, 0.15) is 296 Å². The van der Waals surface area contributed by atoms with Crippen molar-refractivity contribution in [2.75, 3.05) is 33.0 Å². The first kappa shape index (κ1) is 65.0. The molecule has 8 nitrogen and oxygen atoms in total. The van der Waals surface area contributed by atoms with Crippen molar-refractivity contribution >= 4 is 13.8 Å². The Hall–Kier alpha value is -1.02. The lowest BCUT2D eigenvalue weighted by Gasteiger charge is -2.20. The summed E-state index contributed by atoms with van der Waals surface area (Å²) in [6.07, 6.45) is 65.2. The first-order valence-electron chi connectivity index (χ1n) is 28.8. The van der Waals surface area contributed by atoms with E-state index in [0.29, 0.717) is 13.0 Å². The van der Waals surface area contributed by atoms with Gasteiger partial charge in [0.05, 0.1) is 19.8 Å². The number of unbranched alkanes of at least 4 members (excludes halogenated alkanes) is 39. The number of hydrogen-bond acceptors (Lipinski definition) is 7. The molecule has 2 atom stereocenters. The molecule has 66 heavy (non-hydrogen) atoms. The van der Waals surface area contributed by atoms with E-state index in [1.807, 2.05) is 0 Å². The molecule has 0 bridgehead atoms. The van der Waals surface area contributed by atoms with Crippen molar-refractivity contribution < 1.29 is 32.8 Å². The number of carbonyl (C=O) groups excluding carboxylic acids is 1. The highest BCUT2D eigenvalue weighted by Crippen LogP contribution is 2.43. The van der Waals surface area contributed by atoms with E-state index < -0.39 is 13.9 Å². The molecule has 0 spiro atoms. The summed E-state index contributed by atoms with van der Waals surface area (Å²) in [5.74, 6) is -0.324. The van der Waals surface area contributed by atoms with E-state index in [2.05, 4.69) is 38.2 Å². The van der Waals surface area contributed by atoms with E-state index in [9.17, 15) is 14.3 Å². The summed E-state index contributed by atoms with van der Waals surface area (Å²) in [5.41, 5.74) is 5.40. The zero-order chi connectivity index (χ0) is 48.0. The van der Waals surface area contributed by atoms with Crippen LogP contribution in [0, 0.1) is 0 Å². The van der Waals surface area contributed by atoms with Gasteiger partial charge >= 0.3 is 13.8 Å². The summed E-state index contributed by atoms with van der Waals surface area (Å²) in [4.78, 5) is 22.7. The lowest BCUT2D eigenvalue weighted by atomic mass is 10.0. The molecule has 0 saturated heterocycles. The predicted molar refractivity (Wildman–Crippen MR) is 284 cm³/mol. The van der Waals surface area contributed by atoms with E-state index >= 15 is 0 Å². The van der Waals surface area contributed by atoms with Gasteiger partial charge in [0.15, 0.2) is 0 Å². The predicted octanol–water partition coefficient (Wildman–Crippen LogP) is 18.3. The fraction of sp³-hybridized carbons (Fsp3) is 0.912. The molecule has 0 heterocycles. The zero-order valence-corrected chi connectivity index (χ0v) is 44.9. The molecule has 0 saturated carbocycles. The normalized spacial score (nSPS) is 13.3. The Balaban J connectivity index is 3.85. The van der Waals surface area contributed by atoms with Crippen LogP contribution in [0.25, 0.3) is 0 Å². The molecular weight excluding hydrogens is 842 g/mol. The Labute approximate surface area is 410 Å². The minimum absolute atomic E-state index is 0.0924. The molecule has 2 unspecified atom stereocenters. The third-order valence-corrected chi connectivity index (χ3v) is 13.9. The average molecular weight is 954 g/mol. The van der Waals surface area contributed by atoms with Gasteiger partial charge < -0.3 is 20.1 Å². The number of ether oxygens (including phenoxy) is 2. The van der Waals surface area contributed by atoms with Crippen LogP contribution >= 0.6 is 7.82 Å². The number of allylic oxidation sites excluding steroid dienone is 4. The molecular formula is C57H112NO7P. The highest BCUT2D eigenvalue weighted by Gasteiger charge is 2.25. The molecule has 9 heteroatoms. The van der Waals surface area contributed by atoms with Crippen molar-refractivity contribution in [2.45, 2.75) is 302 Å². The van der Waals surface area contributed by atoms with Crippen LogP contribution in [-0.4, -0.2) is 49.9 Å². The second-order valence-corrected chi connectivity index (χ2v) is 21.0. The number of carbonyl (C=O) groups is 1. The fourth-order valence-electron chi connectivity index (χ4n) is 8.62. The number of esters is 1. The van der Waals surface area contributed by atoms with Crippen molar-refractivity contribution in [3.8, 4) is 0 Å². The van der Waals surface area contributed by atoms with Crippen LogP contribution in [0.4, 0.5) is 0 Å². The van der Waals surface area contributed by atoms with Crippen molar-refractivity contribution in [1.82, 2.24) is 0 Å². The van der Waals surface area contributed by atoms with E-state index in [1.165, 1.54) is 238 Å². The summed E-state index contributed by atoms with van der Waals surface area (Å²) in [5, 5.41) is 0. The van der Waals surface area contributed by atoms with Crippen LogP contribution in [-0.2, 0) is 27.9 Å². The summed E-state index contributed by atoms with van der Waals surface area (Å²) in [6.45, 7) is 4.99. The maximum Gasteiger partial charge on any atom is 0.472 e. The molecule has 392 valence electrons. The number of phosphoric acid groups is 1. The minimum atomic E-state index is -4.28. The molecule has 0 amide bonds. The van der Waals surface area contributed by atoms with Gasteiger partial charge in [0.25, 0.3) is 0 Å². The molecule has 0 fully saturated rings. The van der Waals surface area contributed by atoms with E-state index in [-0.39, 0.29) is 32.3 Å². The maximum absolute atomic E-state index is 12.7. The van der Waals surface area contributed by atoms with Gasteiger partial charge in [0, 0.05) is 19.6 Å². The average Bonchev–Trinajstić information content (AvgIpc) is 3.31. The molecule has 0 aliphatic rings. The smallest absolute Gasteiger partial charge is 0.457 e. The summed E-state index contributed by atoms with van der Waals surface area (Å²) in [7, 11) is -4.28. The Morgan fingerprint density at radius 3 is 1.18 bits per heavy atom. The van der Waals surface area contributed by atoms with Gasteiger partial charge in [-0.1, -0.05) is 269 Å².